The Morgan fingerprint density at radius 1 is 0.718 bits per heavy atom. The van der Waals surface area contributed by atoms with E-state index in [9.17, 15) is 19.8 Å². The van der Waals surface area contributed by atoms with Crippen molar-refractivity contribution >= 4 is 75.6 Å². The molecule has 1 amide bonds. The van der Waals surface area contributed by atoms with Crippen LogP contribution in [0.25, 0.3) is 0 Å². The van der Waals surface area contributed by atoms with Gasteiger partial charge in [0.25, 0.3) is 5.91 Å². The molecule has 0 aliphatic carbocycles. The summed E-state index contributed by atoms with van der Waals surface area (Å²) in [6.45, 7) is 0. The number of hydrogen-bond donors (Lipinski definition) is 3. The van der Waals surface area contributed by atoms with Gasteiger partial charge in [0.05, 0.1) is 36.2 Å². The lowest BCUT2D eigenvalue weighted by atomic mass is 9.77. The van der Waals surface area contributed by atoms with E-state index in [4.69, 9.17) is 67.5 Å². The monoisotopic (exact) mass is 621 g/mol. The standard InChI is InChI=1S/C27H12Cl5NO6/c28-20-19(21(29)23(31)24(32)22(20)30)25(36)33-10-1-4-14-13(7-10)26(37)39-27(14)15-5-2-11(34)8-17(15)38-18-9-12(35)3-6-16(18)27/h1-9,34-35H,(H,33,36). The fourth-order valence-corrected chi connectivity index (χ4v) is 6.09. The summed E-state index contributed by atoms with van der Waals surface area (Å²) in [6.07, 6.45) is 0. The highest BCUT2D eigenvalue weighted by atomic mass is 35.5. The maximum absolute atomic E-state index is 13.3. The Morgan fingerprint density at radius 3 is 1.79 bits per heavy atom. The highest BCUT2D eigenvalue weighted by Gasteiger charge is 2.53. The van der Waals surface area contributed by atoms with Crippen LogP contribution in [-0.2, 0) is 10.3 Å². The highest BCUT2D eigenvalue weighted by Crippen LogP contribution is 2.57. The largest absolute Gasteiger partial charge is 0.508 e. The van der Waals surface area contributed by atoms with Gasteiger partial charge in [0, 0.05) is 34.5 Å². The summed E-state index contributed by atoms with van der Waals surface area (Å²) in [7, 11) is 0. The fraction of sp³-hybridized carbons (Fsp3) is 0.0370. The van der Waals surface area contributed by atoms with Gasteiger partial charge in [0.2, 0.25) is 0 Å². The maximum atomic E-state index is 13.3. The van der Waals surface area contributed by atoms with Crippen molar-refractivity contribution in [3.05, 3.63) is 108 Å². The number of nitrogens with one attached hydrogen (secondary N) is 1. The third kappa shape index (κ3) is 3.80. The van der Waals surface area contributed by atoms with Crippen LogP contribution in [0.1, 0.15) is 37.4 Å². The number of aromatic hydroxyl groups is 2. The summed E-state index contributed by atoms with van der Waals surface area (Å²) in [5, 5.41) is 22.0. The van der Waals surface area contributed by atoms with E-state index < -0.39 is 17.5 Å². The molecule has 0 unspecified atom stereocenters. The molecule has 6 rings (SSSR count). The first-order valence-corrected chi connectivity index (χ1v) is 13.0. The fourth-order valence-electron chi connectivity index (χ4n) is 4.78. The van der Waals surface area contributed by atoms with Gasteiger partial charge >= 0.3 is 5.97 Å². The van der Waals surface area contributed by atoms with Gasteiger partial charge < -0.3 is 25.0 Å². The summed E-state index contributed by atoms with van der Waals surface area (Å²) >= 11 is 30.7. The third-order valence-electron chi connectivity index (χ3n) is 6.47. The van der Waals surface area contributed by atoms with Gasteiger partial charge in [-0.05, 0) is 36.4 Å². The molecule has 39 heavy (non-hydrogen) atoms. The van der Waals surface area contributed by atoms with Gasteiger partial charge in [-0.2, -0.15) is 0 Å². The van der Waals surface area contributed by atoms with Crippen LogP contribution >= 0.6 is 58.0 Å². The molecule has 0 bridgehead atoms. The molecule has 0 radical (unpaired) electrons. The number of ether oxygens (including phenoxy) is 2. The molecule has 0 saturated heterocycles. The number of halogens is 5. The lowest BCUT2D eigenvalue weighted by Gasteiger charge is -2.36. The van der Waals surface area contributed by atoms with E-state index in [2.05, 4.69) is 5.32 Å². The SMILES string of the molecule is O=C1OC2(c3ccc(O)cc3Oc3cc(O)ccc32)c2ccc(NC(=O)c3c(Cl)c(Cl)c(Cl)c(Cl)c3Cl)cc21. The van der Waals surface area contributed by atoms with Gasteiger partial charge in [-0.3, -0.25) is 4.79 Å². The summed E-state index contributed by atoms with van der Waals surface area (Å²) in [4.78, 5) is 26.4. The molecule has 0 aromatic heterocycles. The molecule has 0 atom stereocenters. The van der Waals surface area contributed by atoms with Crippen molar-refractivity contribution < 1.29 is 29.3 Å². The summed E-state index contributed by atoms with van der Waals surface area (Å²) in [5.74, 6) is -1.04. The van der Waals surface area contributed by atoms with E-state index in [0.29, 0.717) is 16.7 Å². The smallest absolute Gasteiger partial charge is 0.340 e. The molecular formula is C27H12Cl5NO6. The van der Waals surface area contributed by atoms with E-state index in [1.54, 1.807) is 24.3 Å². The number of amides is 1. The molecule has 0 fully saturated rings. The lowest BCUT2D eigenvalue weighted by Crippen LogP contribution is -2.32. The number of fused-ring (bicyclic) bond motifs is 6. The zero-order valence-corrected chi connectivity index (χ0v) is 22.9. The Balaban J connectivity index is 1.46. The second-order valence-electron chi connectivity index (χ2n) is 8.69. The number of phenols is 2. The second kappa shape index (κ2) is 9.11. The van der Waals surface area contributed by atoms with Crippen LogP contribution < -0.4 is 10.1 Å². The Kier molecular flexibility index (Phi) is 6.06. The van der Waals surface area contributed by atoms with Crippen molar-refractivity contribution in [1.82, 2.24) is 0 Å². The van der Waals surface area contributed by atoms with Gasteiger partial charge in [-0.15, -0.1) is 0 Å². The molecule has 2 aliphatic rings. The van der Waals surface area contributed by atoms with Crippen molar-refractivity contribution in [2.45, 2.75) is 5.60 Å². The van der Waals surface area contributed by atoms with E-state index in [0.717, 1.165) is 0 Å². The van der Waals surface area contributed by atoms with Crippen LogP contribution in [0.15, 0.2) is 54.6 Å². The minimum Gasteiger partial charge on any atom is -0.508 e. The number of benzene rings is 4. The van der Waals surface area contributed by atoms with Crippen molar-refractivity contribution in [2.24, 2.45) is 0 Å². The molecule has 3 N–H and O–H groups in total. The minimum atomic E-state index is -1.44. The average Bonchev–Trinajstić information content (AvgIpc) is 3.18. The Labute approximate surface area is 245 Å². The average molecular weight is 624 g/mol. The summed E-state index contributed by atoms with van der Waals surface area (Å²) in [6, 6.07) is 13.5. The summed E-state index contributed by atoms with van der Waals surface area (Å²) in [5.41, 5.74) is 0.148. The number of hydrogen-bond acceptors (Lipinski definition) is 6. The van der Waals surface area contributed by atoms with Crippen LogP contribution in [0.3, 0.4) is 0 Å². The molecule has 12 heteroatoms. The zero-order valence-electron chi connectivity index (χ0n) is 19.1. The van der Waals surface area contributed by atoms with Gasteiger partial charge in [0.1, 0.15) is 23.0 Å². The molecule has 7 nitrogen and oxygen atoms in total. The second-order valence-corrected chi connectivity index (χ2v) is 10.6. The van der Waals surface area contributed by atoms with Crippen LogP contribution in [0.5, 0.6) is 23.0 Å². The van der Waals surface area contributed by atoms with Crippen molar-refractivity contribution in [3.8, 4) is 23.0 Å². The quantitative estimate of drug-likeness (QED) is 0.118. The Hall–Kier alpha value is -3.33. The third-order valence-corrected chi connectivity index (χ3v) is 8.74. The van der Waals surface area contributed by atoms with Crippen LogP contribution in [0.2, 0.25) is 25.1 Å². The van der Waals surface area contributed by atoms with Crippen molar-refractivity contribution in [2.75, 3.05) is 5.32 Å². The molecule has 1 spiro atoms. The van der Waals surface area contributed by atoms with Crippen LogP contribution in [-0.4, -0.2) is 22.1 Å². The molecule has 4 aromatic carbocycles. The molecular weight excluding hydrogens is 612 g/mol. The first kappa shape index (κ1) is 25.9. The van der Waals surface area contributed by atoms with E-state index >= 15 is 0 Å². The molecule has 4 aromatic rings. The van der Waals surface area contributed by atoms with E-state index in [1.165, 1.54) is 30.3 Å². The minimum absolute atomic E-state index is 0.0603. The Morgan fingerprint density at radius 2 is 1.23 bits per heavy atom. The highest BCUT2D eigenvalue weighted by molar-refractivity contribution is 6.56. The lowest BCUT2D eigenvalue weighted by molar-refractivity contribution is 0.0224. The number of carbonyl (C=O) groups is 2. The van der Waals surface area contributed by atoms with Crippen molar-refractivity contribution in [3.63, 3.8) is 0 Å². The number of phenolic OH excluding ortho intramolecular Hbond substituents is 2. The van der Waals surface area contributed by atoms with Gasteiger partial charge in [0.15, 0.2) is 5.60 Å². The molecule has 196 valence electrons. The maximum Gasteiger partial charge on any atom is 0.340 e. The van der Waals surface area contributed by atoms with Crippen LogP contribution in [0, 0.1) is 0 Å². The van der Waals surface area contributed by atoms with Crippen LogP contribution in [0.4, 0.5) is 5.69 Å². The normalized spacial score (nSPS) is 14.2. The van der Waals surface area contributed by atoms with E-state index in [1.807, 2.05) is 0 Å². The number of rotatable bonds is 2. The number of carbonyl (C=O) groups excluding carboxylic acids is 2. The molecule has 2 aliphatic heterocycles. The molecule has 0 saturated carbocycles. The van der Waals surface area contributed by atoms with Gasteiger partial charge in [-0.1, -0.05) is 64.1 Å². The molecule has 2 heterocycles. The first-order valence-electron chi connectivity index (χ1n) is 11.1. The predicted octanol–water partition coefficient (Wildman–Crippen LogP) is 8.19. The topological polar surface area (TPSA) is 105 Å². The summed E-state index contributed by atoms with van der Waals surface area (Å²) < 4.78 is 12.0. The van der Waals surface area contributed by atoms with Gasteiger partial charge in [-0.25, -0.2) is 4.79 Å². The zero-order chi connectivity index (χ0) is 27.8. The predicted molar refractivity (Wildman–Crippen MR) is 147 cm³/mol. The first-order chi connectivity index (χ1) is 18.5. The number of esters is 1. The number of anilines is 1. The van der Waals surface area contributed by atoms with E-state index in [-0.39, 0.29) is 64.9 Å². The Bertz CT molecular complexity index is 1690. The van der Waals surface area contributed by atoms with Crippen molar-refractivity contribution in [1.29, 1.82) is 0 Å².